The number of hydrogen-bond acceptors (Lipinski definition) is 3. The second kappa shape index (κ2) is 5.56. The Balaban J connectivity index is 2.18. The molecule has 1 aliphatic rings. The van der Waals surface area contributed by atoms with Crippen molar-refractivity contribution in [2.45, 2.75) is 31.2 Å². The molecule has 0 fully saturated rings. The molecule has 17 heavy (non-hydrogen) atoms. The van der Waals surface area contributed by atoms with Gasteiger partial charge in [-0.3, -0.25) is 4.79 Å². The molecule has 0 aliphatic carbocycles. The van der Waals surface area contributed by atoms with E-state index in [1.54, 1.807) is 0 Å². The molecule has 0 aromatic heterocycles. The summed E-state index contributed by atoms with van der Waals surface area (Å²) in [6, 6.07) is 6.05. The van der Waals surface area contributed by atoms with E-state index in [9.17, 15) is 4.79 Å². The smallest absolute Gasteiger partial charge is 0.246 e. The summed E-state index contributed by atoms with van der Waals surface area (Å²) in [5.41, 5.74) is 2.03. The first-order chi connectivity index (χ1) is 8.26. The minimum absolute atomic E-state index is 0.0551. The molecule has 0 saturated carbocycles. The van der Waals surface area contributed by atoms with E-state index in [2.05, 4.69) is 35.8 Å². The van der Waals surface area contributed by atoms with Crippen LogP contribution in [0, 0.1) is 0 Å². The second-order valence-electron chi connectivity index (χ2n) is 4.08. The van der Waals surface area contributed by atoms with Crippen LogP contribution in [0.25, 0.3) is 0 Å². The lowest BCUT2D eigenvalue weighted by molar-refractivity contribution is -0.117. The van der Waals surface area contributed by atoms with Crippen LogP contribution in [0.4, 0.5) is 5.69 Å². The molecule has 1 amide bonds. The molecule has 0 spiro atoms. The molecule has 1 aromatic carbocycles. The number of benzene rings is 1. The molecule has 3 nitrogen and oxygen atoms in total. The summed E-state index contributed by atoms with van der Waals surface area (Å²) in [6.45, 7) is 4.98. The van der Waals surface area contributed by atoms with Gasteiger partial charge in [-0.25, -0.2) is 0 Å². The number of carbonyl (C=O) groups is 1. The van der Waals surface area contributed by atoms with E-state index in [1.807, 2.05) is 18.7 Å². The highest BCUT2D eigenvalue weighted by atomic mass is 32.2. The van der Waals surface area contributed by atoms with Gasteiger partial charge in [0.15, 0.2) is 0 Å². The lowest BCUT2D eigenvalue weighted by Gasteiger charge is -2.09. The number of thioether (sulfide) groups is 1. The average molecular weight is 250 g/mol. The Labute approximate surface area is 106 Å². The van der Waals surface area contributed by atoms with Crippen LogP contribution in [0.2, 0.25) is 0 Å². The van der Waals surface area contributed by atoms with Crippen molar-refractivity contribution in [2.24, 2.45) is 0 Å². The lowest BCUT2D eigenvalue weighted by atomic mass is 10.1. The van der Waals surface area contributed by atoms with Crippen molar-refractivity contribution in [3.05, 3.63) is 23.8 Å². The first kappa shape index (κ1) is 12.5. The summed E-state index contributed by atoms with van der Waals surface area (Å²) in [7, 11) is 0. The third-order valence-corrected chi connectivity index (χ3v) is 3.94. The van der Waals surface area contributed by atoms with E-state index in [-0.39, 0.29) is 11.9 Å². The van der Waals surface area contributed by atoms with Crippen LogP contribution in [-0.4, -0.2) is 18.2 Å². The van der Waals surface area contributed by atoms with Gasteiger partial charge in [-0.1, -0.05) is 19.9 Å². The van der Waals surface area contributed by atoms with Crippen molar-refractivity contribution in [1.82, 2.24) is 5.32 Å². The summed E-state index contributed by atoms with van der Waals surface area (Å²) >= 11 is 1.83. The fourth-order valence-corrected chi connectivity index (χ4v) is 2.76. The van der Waals surface area contributed by atoms with Crippen molar-refractivity contribution in [2.75, 3.05) is 17.6 Å². The standard InChI is InChI=1S/C13H18N2OS/c1-3-7-17-9-5-6-10-11(8-9)15-13(16)12(10)14-4-2/h5-6,8,12,14H,3-4,7H2,1-2H3,(H,15,16). The maximum absolute atomic E-state index is 11.8. The van der Waals surface area contributed by atoms with Crippen LogP contribution < -0.4 is 10.6 Å². The Kier molecular flexibility index (Phi) is 4.07. The normalized spacial score (nSPS) is 18.0. The van der Waals surface area contributed by atoms with Crippen molar-refractivity contribution < 1.29 is 4.79 Å². The number of likely N-dealkylation sites (N-methyl/N-ethyl adjacent to an activating group) is 1. The quantitative estimate of drug-likeness (QED) is 0.790. The van der Waals surface area contributed by atoms with E-state index in [4.69, 9.17) is 0 Å². The molecule has 1 aliphatic heterocycles. The fraction of sp³-hybridized carbons (Fsp3) is 0.462. The predicted octanol–water partition coefficient (Wildman–Crippen LogP) is 2.79. The maximum atomic E-state index is 11.8. The van der Waals surface area contributed by atoms with E-state index < -0.39 is 0 Å². The molecule has 0 radical (unpaired) electrons. The van der Waals surface area contributed by atoms with E-state index in [0.29, 0.717) is 0 Å². The summed E-state index contributed by atoms with van der Waals surface area (Å²) in [5, 5.41) is 6.13. The zero-order valence-corrected chi connectivity index (χ0v) is 11.1. The summed E-state index contributed by atoms with van der Waals surface area (Å²) in [6.07, 6.45) is 1.16. The largest absolute Gasteiger partial charge is 0.324 e. The molecule has 1 atom stereocenters. The summed E-state index contributed by atoms with van der Waals surface area (Å²) < 4.78 is 0. The number of amides is 1. The number of carbonyl (C=O) groups excluding carboxylic acids is 1. The first-order valence-corrected chi connectivity index (χ1v) is 7.05. The van der Waals surface area contributed by atoms with Crippen LogP contribution in [-0.2, 0) is 4.79 Å². The van der Waals surface area contributed by atoms with Crippen LogP contribution in [0.5, 0.6) is 0 Å². The minimum atomic E-state index is -0.180. The van der Waals surface area contributed by atoms with Gasteiger partial charge in [0.25, 0.3) is 0 Å². The Hall–Kier alpha value is -1.00. The van der Waals surface area contributed by atoms with Crippen LogP contribution in [0.3, 0.4) is 0 Å². The van der Waals surface area contributed by atoms with Crippen molar-refractivity contribution in [3.8, 4) is 0 Å². The molecule has 1 heterocycles. The predicted molar refractivity (Wildman–Crippen MR) is 72.5 cm³/mol. The van der Waals surface area contributed by atoms with Gasteiger partial charge >= 0.3 is 0 Å². The van der Waals surface area contributed by atoms with E-state index >= 15 is 0 Å². The van der Waals surface area contributed by atoms with Gasteiger partial charge in [0.2, 0.25) is 5.91 Å². The molecule has 1 aromatic rings. The van der Waals surface area contributed by atoms with Gasteiger partial charge in [0.1, 0.15) is 6.04 Å². The number of hydrogen-bond donors (Lipinski definition) is 2. The number of nitrogens with one attached hydrogen (secondary N) is 2. The van der Waals surface area contributed by atoms with Crippen molar-refractivity contribution in [1.29, 1.82) is 0 Å². The Morgan fingerprint density at radius 1 is 1.41 bits per heavy atom. The first-order valence-electron chi connectivity index (χ1n) is 6.07. The van der Waals surface area contributed by atoms with Crippen LogP contribution in [0.1, 0.15) is 31.9 Å². The fourth-order valence-electron chi connectivity index (χ4n) is 1.96. The SMILES string of the molecule is CCCSc1ccc2c(c1)NC(=O)C2NCC. The number of fused-ring (bicyclic) bond motifs is 1. The molecule has 0 bridgehead atoms. The van der Waals surface area contributed by atoms with E-state index in [0.717, 1.165) is 30.0 Å². The zero-order chi connectivity index (χ0) is 12.3. The highest BCUT2D eigenvalue weighted by Gasteiger charge is 2.29. The highest BCUT2D eigenvalue weighted by molar-refractivity contribution is 7.99. The number of anilines is 1. The molecule has 92 valence electrons. The third kappa shape index (κ3) is 2.64. The van der Waals surface area contributed by atoms with Crippen molar-refractivity contribution >= 4 is 23.4 Å². The van der Waals surface area contributed by atoms with E-state index in [1.165, 1.54) is 4.90 Å². The molecule has 2 N–H and O–H groups in total. The van der Waals surface area contributed by atoms with Crippen LogP contribution in [0.15, 0.2) is 23.1 Å². The summed E-state index contributed by atoms with van der Waals surface area (Å²) in [4.78, 5) is 13.0. The molecule has 0 saturated heterocycles. The Bertz CT molecular complexity index is 420. The Morgan fingerprint density at radius 2 is 2.24 bits per heavy atom. The van der Waals surface area contributed by atoms with Gasteiger partial charge in [-0.2, -0.15) is 0 Å². The van der Waals surface area contributed by atoms with Gasteiger partial charge in [0.05, 0.1) is 0 Å². The molecular formula is C13H18N2OS. The second-order valence-corrected chi connectivity index (χ2v) is 5.25. The monoisotopic (exact) mass is 250 g/mol. The molecule has 2 rings (SSSR count). The average Bonchev–Trinajstić information content (AvgIpc) is 2.63. The minimum Gasteiger partial charge on any atom is -0.324 e. The lowest BCUT2D eigenvalue weighted by Crippen LogP contribution is -2.27. The van der Waals surface area contributed by atoms with Gasteiger partial charge in [-0.15, -0.1) is 11.8 Å². The van der Waals surface area contributed by atoms with Gasteiger partial charge < -0.3 is 10.6 Å². The Morgan fingerprint density at radius 3 is 2.94 bits per heavy atom. The highest BCUT2D eigenvalue weighted by Crippen LogP contribution is 2.34. The molecule has 4 heteroatoms. The summed E-state index contributed by atoms with van der Waals surface area (Å²) in [5.74, 6) is 1.17. The van der Waals surface area contributed by atoms with Gasteiger partial charge in [-0.05, 0) is 30.9 Å². The van der Waals surface area contributed by atoms with Crippen LogP contribution >= 0.6 is 11.8 Å². The maximum Gasteiger partial charge on any atom is 0.246 e. The molecule has 1 unspecified atom stereocenters. The van der Waals surface area contributed by atoms with Crippen molar-refractivity contribution in [3.63, 3.8) is 0 Å². The topological polar surface area (TPSA) is 41.1 Å². The third-order valence-electron chi connectivity index (χ3n) is 2.74. The molecular weight excluding hydrogens is 232 g/mol. The number of rotatable bonds is 5. The van der Waals surface area contributed by atoms with Gasteiger partial charge in [0, 0.05) is 16.1 Å². The zero-order valence-electron chi connectivity index (χ0n) is 10.2.